The molecule has 1 aliphatic heterocycles. The topological polar surface area (TPSA) is 38.5 Å². The van der Waals surface area contributed by atoms with Crippen LogP contribution in [0.4, 0.5) is 0 Å². The molecule has 0 unspecified atom stereocenters. The van der Waals surface area contributed by atoms with Crippen molar-refractivity contribution in [3.05, 3.63) is 71.6 Å². The highest BCUT2D eigenvalue weighted by Gasteiger charge is 2.24. The van der Waals surface area contributed by atoms with Crippen LogP contribution in [0.3, 0.4) is 0 Å². The van der Waals surface area contributed by atoms with Crippen molar-refractivity contribution in [3.63, 3.8) is 0 Å². The van der Waals surface area contributed by atoms with Gasteiger partial charge in [-0.05, 0) is 35.6 Å². The minimum Gasteiger partial charge on any atom is -0.489 e. The summed E-state index contributed by atoms with van der Waals surface area (Å²) in [6, 6.07) is 20.7. The maximum Gasteiger partial charge on any atom is 0.178 e. The first kappa shape index (κ1) is 16.5. The van der Waals surface area contributed by atoms with Gasteiger partial charge in [0.25, 0.3) is 0 Å². The molecule has 4 nitrogen and oxygen atoms in total. The van der Waals surface area contributed by atoms with Crippen molar-refractivity contribution < 1.29 is 9.26 Å². The predicted molar refractivity (Wildman–Crippen MR) is 108 cm³/mol. The Bertz CT molecular complexity index is 1040. The van der Waals surface area contributed by atoms with Crippen molar-refractivity contribution in [2.45, 2.75) is 19.1 Å². The zero-order chi connectivity index (χ0) is 18.1. The average Bonchev–Trinajstić information content (AvgIpc) is 3.40. The van der Waals surface area contributed by atoms with E-state index in [0.717, 1.165) is 53.3 Å². The Morgan fingerprint density at radius 2 is 2.04 bits per heavy atom. The summed E-state index contributed by atoms with van der Waals surface area (Å²) in [6.45, 7) is 3.01. The monoisotopic (exact) mass is 376 g/mol. The highest BCUT2D eigenvalue weighted by Crippen LogP contribution is 2.33. The van der Waals surface area contributed by atoms with E-state index in [1.807, 2.05) is 23.6 Å². The Morgan fingerprint density at radius 3 is 2.96 bits per heavy atom. The number of nitrogens with zero attached hydrogens (tertiary/aromatic N) is 2. The molecule has 136 valence electrons. The Kier molecular flexibility index (Phi) is 4.40. The van der Waals surface area contributed by atoms with Crippen molar-refractivity contribution in [2.75, 3.05) is 13.1 Å². The number of aromatic nitrogens is 1. The third-order valence-corrected chi connectivity index (χ3v) is 5.87. The van der Waals surface area contributed by atoms with E-state index in [2.05, 4.69) is 52.5 Å². The number of fused-ring (bicyclic) bond motifs is 1. The first-order valence-corrected chi connectivity index (χ1v) is 10.1. The molecule has 1 saturated heterocycles. The molecule has 0 aliphatic carbocycles. The molecule has 1 atom stereocenters. The lowest BCUT2D eigenvalue weighted by Gasteiger charge is -2.17. The van der Waals surface area contributed by atoms with Crippen LogP contribution in [-0.4, -0.2) is 29.3 Å². The van der Waals surface area contributed by atoms with E-state index in [-0.39, 0.29) is 6.10 Å². The molecule has 1 fully saturated rings. The molecule has 2 aromatic carbocycles. The van der Waals surface area contributed by atoms with E-state index in [9.17, 15) is 0 Å². The van der Waals surface area contributed by atoms with Crippen LogP contribution in [0.1, 0.15) is 12.0 Å². The van der Waals surface area contributed by atoms with E-state index >= 15 is 0 Å². The van der Waals surface area contributed by atoms with Gasteiger partial charge in [0.1, 0.15) is 22.2 Å². The normalized spacial score (nSPS) is 17.6. The minimum absolute atomic E-state index is 0.225. The molecule has 0 saturated carbocycles. The molecule has 0 bridgehead atoms. The maximum atomic E-state index is 6.28. The van der Waals surface area contributed by atoms with E-state index in [1.165, 1.54) is 5.56 Å². The lowest BCUT2D eigenvalue weighted by Crippen LogP contribution is -2.24. The fourth-order valence-electron chi connectivity index (χ4n) is 3.65. The van der Waals surface area contributed by atoms with E-state index < -0.39 is 0 Å². The van der Waals surface area contributed by atoms with Crippen molar-refractivity contribution >= 4 is 21.6 Å². The zero-order valence-electron chi connectivity index (χ0n) is 14.9. The van der Waals surface area contributed by atoms with Gasteiger partial charge in [-0.25, -0.2) is 0 Å². The zero-order valence-corrected chi connectivity index (χ0v) is 15.7. The second kappa shape index (κ2) is 7.18. The molecule has 2 aromatic heterocycles. The molecule has 5 heteroatoms. The summed E-state index contributed by atoms with van der Waals surface area (Å²) in [6.07, 6.45) is 1.28. The van der Waals surface area contributed by atoms with Crippen LogP contribution < -0.4 is 4.74 Å². The van der Waals surface area contributed by atoms with Gasteiger partial charge in [-0.1, -0.05) is 47.6 Å². The fourth-order valence-corrected chi connectivity index (χ4v) is 4.47. The van der Waals surface area contributed by atoms with Crippen LogP contribution in [0, 0.1) is 0 Å². The number of benzene rings is 2. The largest absolute Gasteiger partial charge is 0.489 e. The number of rotatable bonds is 5. The standard InChI is InChI=1S/C22H20N2O2S/c1-2-5-16(6-3-1)14-24-11-9-19(15-24)25-18-8-4-7-17(13-18)21-22-20(26-23-21)10-12-27-22/h1-8,10,12-13,19H,9,11,14-15H2/t19-/m1/s1. The molecule has 0 radical (unpaired) electrons. The first-order valence-electron chi connectivity index (χ1n) is 9.21. The van der Waals surface area contributed by atoms with Gasteiger partial charge in [-0.2, -0.15) is 0 Å². The number of hydrogen-bond acceptors (Lipinski definition) is 5. The van der Waals surface area contributed by atoms with Crippen molar-refractivity contribution in [3.8, 4) is 17.0 Å². The minimum atomic E-state index is 0.225. The molecule has 0 amide bonds. The SMILES string of the molecule is c1ccc(CN2CC[C@@H](Oc3cccc(-c4noc5ccsc45)c3)C2)cc1. The number of hydrogen-bond donors (Lipinski definition) is 0. The highest BCUT2D eigenvalue weighted by atomic mass is 32.1. The summed E-state index contributed by atoms with van der Waals surface area (Å²) < 4.78 is 12.8. The second-order valence-electron chi connectivity index (χ2n) is 6.92. The van der Waals surface area contributed by atoms with E-state index in [4.69, 9.17) is 9.26 Å². The van der Waals surface area contributed by atoms with E-state index in [1.54, 1.807) is 11.3 Å². The molecule has 4 aromatic rings. The number of thiophene rings is 1. The molecular weight excluding hydrogens is 356 g/mol. The van der Waals surface area contributed by atoms with Gasteiger partial charge in [-0.3, -0.25) is 4.90 Å². The molecule has 3 heterocycles. The molecular formula is C22H20N2O2S. The Balaban J connectivity index is 1.27. The van der Waals surface area contributed by atoms with Crippen LogP contribution in [-0.2, 0) is 6.54 Å². The quantitative estimate of drug-likeness (QED) is 0.479. The Morgan fingerprint density at radius 1 is 1.11 bits per heavy atom. The van der Waals surface area contributed by atoms with E-state index in [0.29, 0.717) is 0 Å². The average molecular weight is 376 g/mol. The van der Waals surface area contributed by atoms with Crippen molar-refractivity contribution in [1.29, 1.82) is 0 Å². The third-order valence-electron chi connectivity index (χ3n) is 4.97. The Hall–Kier alpha value is -2.63. The third kappa shape index (κ3) is 3.48. The lowest BCUT2D eigenvalue weighted by molar-refractivity contribution is 0.198. The van der Waals surface area contributed by atoms with Crippen LogP contribution in [0.15, 0.2) is 70.6 Å². The summed E-state index contributed by atoms with van der Waals surface area (Å²) in [7, 11) is 0. The van der Waals surface area contributed by atoms with Crippen LogP contribution in [0.5, 0.6) is 5.75 Å². The van der Waals surface area contributed by atoms with Gasteiger partial charge < -0.3 is 9.26 Å². The van der Waals surface area contributed by atoms with Crippen LogP contribution in [0.2, 0.25) is 0 Å². The highest BCUT2D eigenvalue weighted by molar-refractivity contribution is 7.17. The van der Waals surface area contributed by atoms with Crippen molar-refractivity contribution in [1.82, 2.24) is 10.1 Å². The number of likely N-dealkylation sites (tertiary alicyclic amines) is 1. The second-order valence-corrected chi connectivity index (χ2v) is 7.84. The van der Waals surface area contributed by atoms with Gasteiger partial charge in [0.05, 0.1) is 0 Å². The predicted octanol–water partition coefficient (Wildman–Crippen LogP) is 5.21. The first-order chi connectivity index (χ1) is 13.3. The van der Waals surface area contributed by atoms with Crippen molar-refractivity contribution in [2.24, 2.45) is 0 Å². The summed E-state index contributed by atoms with van der Waals surface area (Å²) in [5.41, 5.74) is 4.12. The smallest absolute Gasteiger partial charge is 0.178 e. The van der Waals surface area contributed by atoms with Crippen LogP contribution in [0.25, 0.3) is 21.5 Å². The van der Waals surface area contributed by atoms with Gasteiger partial charge >= 0.3 is 0 Å². The van der Waals surface area contributed by atoms with Gasteiger partial charge in [-0.15, -0.1) is 11.3 Å². The number of ether oxygens (including phenoxy) is 1. The Labute approximate surface area is 162 Å². The van der Waals surface area contributed by atoms with Crippen LogP contribution >= 0.6 is 11.3 Å². The van der Waals surface area contributed by atoms with Gasteiger partial charge in [0.15, 0.2) is 5.58 Å². The van der Waals surface area contributed by atoms with Gasteiger partial charge in [0.2, 0.25) is 0 Å². The summed E-state index contributed by atoms with van der Waals surface area (Å²) in [4.78, 5) is 2.46. The maximum absolute atomic E-state index is 6.28. The molecule has 27 heavy (non-hydrogen) atoms. The molecule has 0 N–H and O–H groups in total. The molecule has 1 aliphatic rings. The summed E-state index contributed by atoms with van der Waals surface area (Å²) in [5, 5.41) is 6.26. The lowest BCUT2D eigenvalue weighted by atomic mass is 10.1. The fraction of sp³-hybridized carbons (Fsp3) is 0.227. The summed E-state index contributed by atoms with van der Waals surface area (Å²) in [5.74, 6) is 0.895. The molecule has 0 spiro atoms. The molecule has 5 rings (SSSR count). The summed E-state index contributed by atoms with van der Waals surface area (Å²) >= 11 is 1.65. The van der Waals surface area contributed by atoms with Gasteiger partial charge in [0, 0.05) is 25.2 Å².